The first-order valence-electron chi connectivity index (χ1n) is 7.07. The number of nitro groups is 1. The Bertz CT molecular complexity index is 903. The Kier molecular flexibility index (Phi) is 4.39. The van der Waals surface area contributed by atoms with Crippen LogP contribution in [0.3, 0.4) is 0 Å². The molecular weight excluding hydrogens is 328 g/mol. The van der Waals surface area contributed by atoms with Crippen LogP contribution < -0.4 is 10.2 Å². The Labute approximate surface area is 141 Å². The molecule has 0 aliphatic rings. The molecule has 0 bridgehead atoms. The predicted molar refractivity (Wildman–Crippen MR) is 95.1 cm³/mol. The SMILES string of the molecule is COc1ccc(/C(C)=N\Nc2nc3ccccc3s2)cc1[N+](=O)[O-]. The first-order valence-corrected chi connectivity index (χ1v) is 7.89. The monoisotopic (exact) mass is 342 g/mol. The van der Waals surface area contributed by atoms with Crippen LogP contribution in [0.2, 0.25) is 0 Å². The fraction of sp³-hybridized carbons (Fsp3) is 0.125. The second-order valence-electron chi connectivity index (χ2n) is 4.94. The normalized spacial score (nSPS) is 11.5. The molecular formula is C16H14N4O3S. The zero-order valence-electron chi connectivity index (χ0n) is 13.0. The fourth-order valence-electron chi connectivity index (χ4n) is 2.17. The number of nitrogens with zero attached hydrogens (tertiary/aromatic N) is 3. The van der Waals surface area contributed by atoms with E-state index in [0.717, 1.165) is 10.2 Å². The van der Waals surface area contributed by atoms with Crippen molar-refractivity contribution in [3.8, 4) is 5.75 Å². The van der Waals surface area contributed by atoms with Crippen LogP contribution in [0.15, 0.2) is 47.6 Å². The average Bonchev–Trinajstić information content (AvgIpc) is 3.02. The standard InChI is InChI=1S/C16H14N4O3S/c1-10(11-7-8-14(23-2)13(9-11)20(21)22)18-19-16-17-12-5-3-4-6-15(12)24-16/h3-9H,1-2H3,(H,17,19)/b18-10-. The summed E-state index contributed by atoms with van der Waals surface area (Å²) < 4.78 is 6.06. The Morgan fingerprint density at radius 1 is 1.33 bits per heavy atom. The molecule has 7 nitrogen and oxygen atoms in total. The van der Waals surface area contributed by atoms with E-state index in [1.807, 2.05) is 24.3 Å². The van der Waals surface area contributed by atoms with E-state index in [1.165, 1.54) is 24.5 Å². The number of rotatable bonds is 5. The van der Waals surface area contributed by atoms with Crippen molar-refractivity contribution in [1.82, 2.24) is 4.98 Å². The second-order valence-corrected chi connectivity index (χ2v) is 5.97. The number of ether oxygens (including phenoxy) is 1. The lowest BCUT2D eigenvalue weighted by Crippen LogP contribution is -2.02. The number of para-hydroxylation sites is 1. The van der Waals surface area contributed by atoms with Crippen molar-refractivity contribution in [3.05, 3.63) is 58.1 Å². The number of fused-ring (bicyclic) bond motifs is 1. The Hall–Kier alpha value is -3.00. The van der Waals surface area contributed by atoms with Crippen molar-refractivity contribution >= 4 is 38.1 Å². The Balaban J connectivity index is 1.85. The van der Waals surface area contributed by atoms with Crippen molar-refractivity contribution in [1.29, 1.82) is 0 Å². The highest BCUT2D eigenvalue weighted by Crippen LogP contribution is 2.28. The third-order valence-electron chi connectivity index (χ3n) is 3.41. The molecule has 0 radical (unpaired) electrons. The number of nitro benzene ring substituents is 1. The fourth-order valence-corrected chi connectivity index (χ4v) is 2.98. The summed E-state index contributed by atoms with van der Waals surface area (Å²) >= 11 is 1.49. The van der Waals surface area contributed by atoms with Crippen LogP contribution in [0.4, 0.5) is 10.8 Å². The van der Waals surface area contributed by atoms with Crippen molar-refractivity contribution < 1.29 is 9.66 Å². The third kappa shape index (κ3) is 3.18. The van der Waals surface area contributed by atoms with Gasteiger partial charge in [-0.2, -0.15) is 5.10 Å². The van der Waals surface area contributed by atoms with Gasteiger partial charge in [0.1, 0.15) is 0 Å². The summed E-state index contributed by atoms with van der Waals surface area (Å²) in [5.41, 5.74) is 4.96. The van der Waals surface area contributed by atoms with E-state index in [-0.39, 0.29) is 11.4 Å². The van der Waals surface area contributed by atoms with Crippen molar-refractivity contribution in [2.45, 2.75) is 6.92 Å². The number of hydrogen-bond donors (Lipinski definition) is 1. The van der Waals surface area contributed by atoms with E-state index in [2.05, 4.69) is 15.5 Å². The minimum absolute atomic E-state index is 0.0930. The molecule has 1 N–H and O–H groups in total. The van der Waals surface area contributed by atoms with E-state index in [9.17, 15) is 10.1 Å². The number of thiazole rings is 1. The number of nitrogens with one attached hydrogen (secondary N) is 1. The van der Waals surface area contributed by atoms with Crippen LogP contribution in [0.5, 0.6) is 5.75 Å². The summed E-state index contributed by atoms with van der Waals surface area (Å²) in [7, 11) is 1.40. The van der Waals surface area contributed by atoms with Gasteiger partial charge in [-0.05, 0) is 31.2 Å². The van der Waals surface area contributed by atoms with Gasteiger partial charge in [0.2, 0.25) is 5.13 Å². The topological polar surface area (TPSA) is 89.7 Å². The third-order valence-corrected chi connectivity index (χ3v) is 4.35. The van der Waals surface area contributed by atoms with Gasteiger partial charge in [-0.25, -0.2) is 4.98 Å². The molecule has 122 valence electrons. The predicted octanol–water partition coefficient (Wildman–Crippen LogP) is 4.05. The summed E-state index contributed by atoms with van der Waals surface area (Å²) in [6.45, 7) is 1.77. The highest BCUT2D eigenvalue weighted by atomic mass is 32.1. The molecule has 1 heterocycles. The van der Waals surface area contributed by atoms with Gasteiger partial charge in [0, 0.05) is 11.6 Å². The van der Waals surface area contributed by atoms with E-state index >= 15 is 0 Å². The van der Waals surface area contributed by atoms with E-state index in [0.29, 0.717) is 16.4 Å². The van der Waals surface area contributed by atoms with E-state index in [1.54, 1.807) is 19.1 Å². The number of hydrogen-bond acceptors (Lipinski definition) is 7. The quantitative estimate of drug-likeness (QED) is 0.429. The summed E-state index contributed by atoms with van der Waals surface area (Å²) in [4.78, 5) is 15.0. The lowest BCUT2D eigenvalue weighted by molar-refractivity contribution is -0.385. The highest BCUT2D eigenvalue weighted by Gasteiger charge is 2.16. The lowest BCUT2D eigenvalue weighted by atomic mass is 10.1. The number of hydrazone groups is 1. The molecule has 3 aromatic rings. The molecule has 2 aromatic carbocycles. The molecule has 0 saturated carbocycles. The van der Waals surface area contributed by atoms with Crippen molar-refractivity contribution in [3.63, 3.8) is 0 Å². The average molecular weight is 342 g/mol. The maximum absolute atomic E-state index is 11.1. The summed E-state index contributed by atoms with van der Waals surface area (Å²) in [5.74, 6) is 0.218. The molecule has 0 amide bonds. The van der Waals surface area contributed by atoms with Crippen molar-refractivity contribution in [2.75, 3.05) is 12.5 Å². The van der Waals surface area contributed by atoms with Crippen molar-refractivity contribution in [2.24, 2.45) is 5.10 Å². The van der Waals surface area contributed by atoms with Gasteiger partial charge >= 0.3 is 5.69 Å². The van der Waals surface area contributed by atoms with Gasteiger partial charge in [0.15, 0.2) is 5.75 Å². The van der Waals surface area contributed by atoms with Gasteiger partial charge in [-0.15, -0.1) is 0 Å². The number of benzene rings is 2. The zero-order valence-corrected chi connectivity index (χ0v) is 13.8. The highest BCUT2D eigenvalue weighted by molar-refractivity contribution is 7.22. The molecule has 8 heteroatoms. The molecule has 0 saturated heterocycles. The minimum Gasteiger partial charge on any atom is -0.490 e. The molecule has 0 aliphatic carbocycles. The maximum Gasteiger partial charge on any atom is 0.311 e. The molecule has 0 fully saturated rings. The molecule has 3 rings (SSSR count). The van der Waals surface area contributed by atoms with Gasteiger partial charge in [-0.1, -0.05) is 23.5 Å². The van der Waals surface area contributed by atoms with Gasteiger partial charge < -0.3 is 4.74 Å². The van der Waals surface area contributed by atoms with E-state index in [4.69, 9.17) is 4.74 Å². The summed E-state index contributed by atoms with van der Waals surface area (Å²) in [6.07, 6.45) is 0. The first-order chi connectivity index (χ1) is 11.6. The maximum atomic E-state index is 11.1. The first kappa shape index (κ1) is 15.9. The summed E-state index contributed by atoms with van der Waals surface area (Å²) in [6, 6.07) is 12.5. The molecule has 24 heavy (non-hydrogen) atoms. The van der Waals surface area contributed by atoms with Crippen LogP contribution in [0, 0.1) is 10.1 Å². The number of anilines is 1. The molecule has 0 atom stereocenters. The molecule has 1 aromatic heterocycles. The van der Waals surface area contributed by atoms with Gasteiger partial charge in [-0.3, -0.25) is 15.5 Å². The molecule has 0 spiro atoms. The van der Waals surface area contributed by atoms with Gasteiger partial charge in [0.25, 0.3) is 0 Å². The lowest BCUT2D eigenvalue weighted by Gasteiger charge is -2.05. The van der Waals surface area contributed by atoms with Crippen LogP contribution in [0.1, 0.15) is 12.5 Å². The Morgan fingerprint density at radius 2 is 2.12 bits per heavy atom. The second kappa shape index (κ2) is 6.63. The Morgan fingerprint density at radius 3 is 2.83 bits per heavy atom. The smallest absolute Gasteiger partial charge is 0.311 e. The number of aromatic nitrogens is 1. The molecule has 0 unspecified atom stereocenters. The largest absolute Gasteiger partial charge is 0.490 e. The van der Waals surface area contributed by atoms with Crippen LogP contribution >= 0.6 is 11.3 Å². The molecule has 0 aliphatic heterocycles. The zero-order chi connectivity index (χ0) is 17.1. The summed E-state index contributed by atoms with van der Waals surface area (Å²) in [5, 5.41) is 16.0. The van der Waals surface area contributed by atoms with Crippen LogP contribution in [-0.2, 0) is 0 Å². The van der Waals surface area contributed by atoms with E-state index < -0.39 is 4.92 Å². The minimum atomic E-state index is -0.476. The number of methoxy groups -OCH3 is 1. The van der Waals surface area contributed by atoms with Gasteiger partial charge in [0.05, 0.1) is 28.0 Å². The van der Waals surface area contributed by atoms with Crippen LogP contribution in [-0.4, -0.2) is 22.7 Å². The van der Waals surface area contributed by atoms with Crippen LogP contribution in [0.25, 0.3) is 10.2 Å².